The van der Waals surface area contributed by atoms with Crippen molar-refractivity contribution in [2.24, 2.45) is 0 Å². The molecule has 0 aliphatic carbocycles. The third kappa shape index (κ3) is 5.86. The molecule has 0 spiro atoms. The fraction of sp³-hybridized carbons (Fsp3) is 0.250. The van der Waals surface area contributed by atoms with Crippen LogP contribution in [-0.2, 0) is 21.6 Å². The van der Waals surface area contributed by atoms with Gasteiger partial charge in [0, 0.05) is 4.90 Å². The summed E-state index contributed by atoms with van der Waals surface area (Å²) in [6.45, 7) is 1.67. The molecule has 0 atom stereocenters. The third-order valence-electron chi connectivity index (χ3n) is 4.11. The number of hydrogen-bond donors (Lipinski definition) is 0. The number of alkyl halides is 3. The van der Waals surface area contributed by atoms with Gasteiger partial charge < -0.3 is 9.47 Å². The molecule has 12 heteroatoms. The maximum Gasteiger partial charge on any atom is 0.416 e. The van der Waals surface area contributed by atoms with E-state index < -0.39 is 23.4 Å². The fourth-order valence-electron chi connectivity index (χ4n) is 2.58. The number of rotatable bonds is 8. The fourth-order valence-corrected chi connectivity index (χ4v) is 3.69. The van der Waals surface area contributed by atoms with Gasteiger partial charge in [-0.2, -0.15) is 18.3 Å². The highest BCUT2D eigenvalue weighted by Crippen LogP contribution is 2.31. The van der Waals surface area contributed by atoms with Gasteiger partial charge in [-0.1, -0.05) is 11.6 Å². The average molecular weight is 488 g/mol. The molecule has 7 nitrogen and oxygen atoms in total. The summed E-state index contributed by atoms with van der Waals surface area (Å²) in [4.78, 5) is 24.6. The molecule has 170 valence electrons. The van der Waals surface area contributed by atoms with Crippen molar-refractivity contribution in [2.75, 3.05) is 13.2 Å². The molecule has 0 fully saturated rings. The van der Waals surface area contributed by atoms with Crippen LogP contribution in [0.3, 0.4) is 0 Å². The van der Waals surface area contributed by atoms with Gasteiger partial charge in [-0.25, -0.2) is 18.8 Å². The minimum absolute atomic E-state index is 0.145. The normalized spacial score (nSPS) is 11.4. The highest BCUT2D eigenvalue weighted by Gasteiger charge is 2.30. The van der Waals surface area contributed by atoms with Crippen molar-refractivity contribution in [1.82, 2.24) is 14.3 Å². The average Bonchev–Trinajstić information content (AvgIpc) is 3.11. The Hall–Kier alpha value is -2.92. The number of nitrogens with zero attached hydrogens (tertiary/aromatic N) is 3. The second-order valence-corrected chi connectivity index (χ2v) is 7.71. The van der Waals surface area contributed by atoms with Crippen LogP contribution in [-0.4, -0.2) is 33.5 Å². The maximum absolute atomic E-state index is 12.7. The molecule has 0 aliphatic heterocycles. The standard InChI is InChI=1S/C20H17ClF3N3O4S/c1-2-30-18(28)10-31-17-8-7-15(9-16(17)21)32-12-27-19(29)26(11-25-27)14-5-3-13(4-6-14)20(22,23)24/h3-9,11H,2,10,12H2,1H3. The Bertz CT molecular complexity index is 1150. The Kier molecular flexibility index (Phi) is 7.52. The summed E-state index contributed by atoms with van der Waals surface area (Å²) in [7, 11) is 0. The van der Waals surface area contributed by atoms with Gasteiger partial charge in [-0.15, -0.1) is 11.8 Å². The van der Waals surface area contributed by atoms with Gasteiger partial charge in [-0.3, -0.25) is 0 Å². The van der Waals surface area contributed by atoms with Crippen molar-refractivity contribution in [3.63, 3.8) is 0 Å². The van der Waals surface area contributed by atoms with Crippen LogP contribution >= 0.6 is 23.4 Å². The molecule has 1 aromatic heterocycles. The summed E-state index contributed by atoms with van der Waals surface area (Å²) in [6, 6.07) is 9.13. The molecule has 1 heterocycles. The van der Waals surface area contributed by atoms with Crippen molar-refractivity contribution >= 4 is 29.3 Å². The van der Waals surface area contributed by atoms with Crippen LogP contribution in [0.2, 0.25) is 5.02 Å². The van der Waals surface area contributed by atoms with E-state index in [1.807, 2.05) is 0 Å². The summed E-state index contributed by atoms with van der Waals surface area (Å²) < 4.78 is 50.5. The Balaban J connectivity index is 1.64. The molecule has 0 saturated heterocycles. The molecule has 32 heavy (non-hydrogen) atoms. The monoisotopic (exact) mass is 487 g/mol. The quantitative estimate of drug-likeness (QED) is 0.346. The van der Waals surface area contributed by atoms with Crippen LogP contribution in [0, 0.1) is 0 Å². The predicted molar refractivity (Wildman–Crippen MR) is 112 cm³/mol. The molecule has 0 aliphatic rings. The number of esters is 1. The molecule has 2 aromatic carbocycles. The second kappa shape index (κ2) is 10.1. The van der Waals surface area contributed by atoms with E-state index in [2.05, 4.69) is 5.10 Å². The van der Waals surface area contributed by atoms with Gasteiger partial charge in [0.15, 0.2) is 6.61 Å². The highest BCUT2D eigenvalue weighted by molar-refractivity contribution is 7.98. The molecule has 0 bridgehead atoms. The van der Waals surface area contributed by atoms with Gasteiger partial charge in [-0.05, 0) is 49.4 Å². The first kappa shape index (κ1) is 23.7. The first-order valence-corrected chi connectivity index (χ1v) is 10.6. The minimum Gasteiger partial charge on any atom is -0.480 e. The zero-order valence-electron chi connectivity index (χ0n) is 16.6. The number of benzene rings is 2. The van der Waals surface area contributed by atoms with E-state index in [4.69, 9.17) is 21.1 Å². The molecule has 3 rings (SSSR count). The van der Waals surface area contributed by atoms with Crippen molar-refractivity contribution in [2.45, 2.75) is 23.9 Å². The first-order valence-electron chi connectivity index (χ1n) is 9.22. The topological polar surface area (TPSA) is 75.3 Å². The van der Waals surface area contributed by atoms with Crippen molar-refractivity contribution in [1.29, 1.82) is 0 Å². The predicted octanol–water partition coefficient (Wildman–Crippen LogP) is 4.40. The highest BCUT2D eigenvalue weighted by atomic mass is 35.5. The minimum atomic E-state index is -4.45. The lowest BCUT2D eigenvalue weighted by Crippen LogP contribution is -2.23. The summed E-state index contributed by atoms with van der Waals surface area (Å²) in [6.07, 6.45) is -3.21. The third-order valence-corrected chi connectivity index (χ3v) is 5.37. The largest absolute Gasteiger partial charge is 0.480 e. The molecule has 0 amide bonds. The summed E-state index contributed by atoms with van der Waals surface area (Å²) >= 11 is 7.44. The van der Waals surface area contributed by atoms with Crippen molar-refractivity contribution in [3.05, 3.63) is 69.9 Å². The first-order chi connectivity index (χ1) is 15.2. The van der Waals surface area contributed by atoms with Crippen LogP contribution in [0.5, 0.6) is 5.75 Å². The molecule has 3 aromatic rings. The Morgan fingerprint density at radius 3 is 2.53 bits per heavy atom. The lowest BCUT2D eigenvalue weighted by atomic mass is 10.2. The number of carbonyl (C=O) groups is 1. The number of carbonyl (C=O) groups excluding carboxylic acids is 1. The van der Waals surface area contributed by atoms with Gasteiger partial charge in [0.25, 0.3) is 0 Å². The zero-order chi connectivity index (χ0) is 23.3. The van der Waals surface area contributed by atoms with Crippen LogP contribution < -0.4 is 10.4 Å². The van der Waals surface area contributed by atoms with E-state index >= 15 is 0 Å². The summed E-state index contributed by atoms with van der Waals surface area (Å²) in [5.74, 6) is -0.0518. The molecule has 0 unspecified atom stereocenters. The smallest absolute Gasteiger partial charge is 0.416 e. The summed E-state index contributed by atoms with van der Waals surface area (Å²) in [5.41, 5.74) is -1.04. The molecular weight excluding hydrogens is 471 g/mol. The second-order valence-electron chi connectivity index (χ2n) is 6.29. The van der Waals surface area contributed by atoms with Crippen LogP contribution in [0.1, 0.15) is 12.5 Å². The molecule has 0 saturated carbocycles. The Morgan fingerprint density at radius 1 is 1.19 bits per heavy atom. The van der Waals surface area contributed by atoms with E-state index in [-0.39, 0.29) is 29.8 Å². The Labute approximate surface area is 189 Å². The van der Waals surface area contributed by atoms with Crippen LogP contribution in [0.4, 0.5) is 13.2 Å². The lowest BCUT2D eigenvalue weighted by molar-refractivity contribution is -0.145. The van der Waals surface area contributed by atoms with Gasteiger partial charge in [0.1, 0.15) is 12.1 Å². The van der Waals surface area contributed by atoms with Crippen LogP contribution in [0.15, 0.2) is 58.5 Å². The van der Waals surface area contributed by atoms with Gasteiger partial charge >= 0.3 is 17.8 Å². The van der Waals surface area contributed by atoms with Gasteiger partial charge in [0.2, 0.25) is 0 Å². The van der Waals surface area contributed by atoms with Crippen molar-refractivity contribution < 1.29 is 27.4 Å². The zero-order valence-corrected chi connectivity index (χ0v) is 18.2. The number of thioether (sulfide) groups is 1. The lowest BCUT2D eigenvalue weighted by Gasteiger charge is -2.09. The molecule has 0 radical (unpaired) electrons. The van der Waals surface area contributed by atoms with Gasteiger partial charge in [0.05, 0.1) is 28.8 Å². The van der Waals surface area contributed by atoms with Crippen molar-refractivity contribution in [3.8, 4) is 11.4 Å². The van der Waals surface area contributed by atoms with E-state index in [1.54, 1.807) is 25.1 Å². The maximum atomic E-state index is 12.7. The Morgan fingerprint density at radius 2 is 1.91 bits per heavy atom. The number of ether oxygens (including phenoxy) is 2. The number of hydrogen-bond acceptors (Lipinski definition) is 6. The number of halogens is 4. The SMILES string of the molecule is CCOC(=O)COc1ccc(SCn2ncn(-c3ccc(C(F)(F)F)cc3)c2=O)cc1Cl. The summed E-state index contributed by atoms with van der Waals surface area (Å²) in [5, 5.41) is 4.28. The molecule has 0 N–H and O–H groups in total. The van der Waals surface area contributed by atoms with E-state index in [0.717, 1.165) is 21.6 Å². The van der Waals surface area contributed by atoms with E-state index in [0.29, 0.717) is 5.75 Å². The van der Waals surface area contributed by atoms with E-state index in [1.165, 1.54) is 34.9 Å². The molecular formula is C20H17ClF3N3O4S. The van der Waals surface area contributed by atoms with E-state index in [9.17, 15) is 22.8 Å². The van der Waals surface area contributed by atoms with Crippen LogP contribution in [0.25, 0.3) is 5.69 Å². The number of aromatic nitrogens is 3.